The van der Waals surface area contributed by atoms with E-state index in [1.165, 1.54) is 21.0 Å². The third kappa shape index (κ3) is 3.83. The Balaban J connectivity index is 1.64. The summed E-state index contributed by atoms with van der Waals surface area (Å²) >= 11 is 1.27. The SMILES string of the molecule is COc1ccc(-c2nnc(SCc3nc4ccccc4c(=O)n3CC#N)n2N)cc1OC. The predicted molar refractivity (Wildman–Crippen MR) is 120 cm³/mol. The molecular weight excluding hydrogens is 430 g/mol. The molecule has 0 saturated heterocycles. The molecule has 4 aromatic rings. The molecule has 0 unspecified atom stereocenters. The van der Waals surface area contributed by atoms with Gasteiger partial charge in [-0.25, -0.2) is 9.66 Å². The molecule has 162 valence electrons. The molecule has 2 N–H and O–H groups in total. The van der Waals surface area contributed by atoms with E-state index in [9.17, 15) is 4.79 Å². The van der Waals surface area contributed by atoms with Crippen LogP contribution in [0.3, 0.4) is 0 Å². The van der Waals surface area contributed by atoms with Crippen LogP contribution in [0.1, 0.15) is 5.82 Å². The standard InChI is InChI=1S/C21H19N7O3S/c1-30-16-8-7-13(11-17(16)31-2)19-25-26-21(28(19)23)32-12-18-24-15-6-4-3-5-14(15)20(29)27(18)10-9-22/h3-8,11H,10,12,23H2,1-2H3. The maximum Gasteiger partial charge on any atom is 0.262 e. The number of methoxy groups -OCH3 is 2. The first-order valence-electron chi connectivity index (χ1n) is 9.48. The molecule has 0 spiro atoms. The van der Waals surface area contributed by atoms with Gasteiger partial charge in [0.15, 0.2) is 17.3 Å². The third-order valence-corrected chi connectivity index (χ3v) is 5.75. The summed E-state index contributed by atoms with van der Waals surface area (Å²) in [6.07, 6.45) is 0. The number of nitrogens with zero attached hydrogens (tertiary/aromatic N) is 6. The summed E-state index contributed by atoms with van der Waals surface area (Å²) in [5.74, 6) is 8.54. The van der Waals surface area contributed by atoms with Crippen LogP contribution in [0.4, 0.5) is 0 Å². The van der Waals surface area contributed by atoms with Crippen molar-refractivity contribution in [3.8, 4) is 29.0 Å². The molecule has 0 bridgehead atoms. The molecular formula is C21H19N7O3S. The van der Waals surface area contributed by atoms with Crippen LogP contribution in [0.25, 0.3) is 22.3 Å². The number of rotatable bonds is 7. The van der Waals surface area contributed by atoms with Crippen LogP contribution in [-0.2, 0) is 12.3 Å². The first-order chi connectivity index (χ1) is 15.6. The van der Waals surface area contributed by atoms with Crippen LogP contribution in [0.15, 0.2) is 52.4 Å². The van der Waals surface area contributed by atoms with E-state index in [0.29, 0.717) is 44.8 Å². The van der Waals surface area contributed by atoms with Crippen LogP contribution in [-0.4, -0.2) is 38.6 Å². The zero-order valence-corrected chi connectivity index (χ0v) is 18.2. The number of hydrogen-bond donors (Lipinski definition) is 1. The van der Waals surface area contributed by atoms with E-state index in [-0.39, 0.29) is 17.9 Å². The minimum absolute atomic E-state index is 0.0984. The lowest BCUT2D eigenvalue weighted by atomic mass is 10.2. The quantitative estimate of drug-likeness (QED) is 0.333. The van der Waals surface area contributed by atoms with Crippen molar-refractivity contribution in [3.05, 3.63) is 58.6 Å². The molecule has 0 saturated carbocycles. The highest BCUT2D eigenvalue weighted by Gasteiger charge is 2.17. The number of thioether (sulfide) groups is 1. The van der Waals surface area contributed by atoms with Gasteiger partial charge in [0.25, 0.3) is 5.56 Å². The van der Waals surface area contributed by atoms with Crippen molar-refractivity contribution in [2.75, 3.05) is 20.1 Å². The lowest BCUT2D eigenvalue weighted by Gasteiger charge is -2.11. The van der Waals surface area contributed by atoms with Crippen LogP contribution in [0, 0.1) is 11.3 Å². The van der Waals surface area contributed by atoms with Gasteiger partial charge in [-0.15, -0.1) is 10.2 Å². The van der Waals surface area contributed by atoms with Crippen molar-refractivity contribution in [2.24, 2.45) is 0 Å². The van der Waals surface area contributed by atoms with Gasteiger partial charge in [0.05, 0.1) is 36.9 Å². The first-order valence-corrected chi connectivity index (χ1v) is 10.5. The monoisotopic (exact) mass is 449 g/mol. The summed E-state index contributed by atoms with van der Waals surface area (Å²) < 4.78 is 13.3. The van der Waals surface area contributed by atoms with E-state index in [4.69, 9.17) is 20.6 Å². The molecule has 0 amide bonds. The van der Waals surface area contributed by atoms with Gasteiger partial charge in [-0.1, -0.05) is 23.9 Å². The van der Waals surface area contributed by atoms with Gasteiger partial charge in [-0.2, -0.15) is 5.26 Å². The average Bonchev–Trinajstić information content (AvgIpc) is 3.19. The highest BCUT2D eigenvalue weighted by Crippen LogP contribution is 2.32. The minimum atomic E-state index is -0.256. The molecule has 0 fully saturated rings. The number of ether oxygens (including phenoxy) is 2. The fourth-order valence-corrected chi connectivity index (χ4v) is 4.04. The number of aromatic nitrogens is 5. The van der Waals surface area contributed by atoms with Crippen LogP contribution in [0.2, 0.25) is 0 Å². The summed E-state index contributed by atoms with van der Waals surface area (Å²) in [5.41, 5.74) is 1.02. The molecule has 10 nitrogen and oxygen atoms in total. The fraction of sp³-hybridized carbons (Fsp3) is 0.190. The van der Waals surface area contributed by atoms with E-state index in [0.717, 1.165) is 0 Å². The van der Waals surface area contributed by atoms with Gasteiger partial charge in [-0.3, -0.25) is 9.36 Å². The maximum atomic E-state index is 12.8. The normalized spacial score (nSPS) is 10.8. The summed E-state index contributed by atoms with van der Waals surface area (Å²) in [4.78, 5) is 17.4. The van der Waals surface area contributed by atoms with E-state index in [1.54, 1.807) is 50.6 Å². The molecule has 0 aliphatic rings. The maximum absolute atomic E-state index is 12.8. The van der Waals surface area contributed by atoms with Crippen LogP contribution < -0.4 is 20.9 Å². The summed E-state index contributed by atoms with van der Waals surface area (Å²) in [6.45, 7) is -0.0984. The second-order valence-corrected chi connectivity index (χ2v) is 7.57. The van der Waals surface area contributed by atoms with E-state index in [1.807, 2.05) is 12.1 Å². The Hall–Kier alpha value is -4.04. The lowest BCUT2D eigenvalue weighted by molar-refractivity contribution is 0.355. The Labute approximate surface area is 187 Å². The summed E-state index contributed by atoms with van der Waals surface area (Å²) in [7, 11) is 3.11. The number of fused-ring (bicyclic) bond motifs is 1. The van der Waals surface area contributed by atoms with Gasteiger partial charge in [0, 0.05) is 5.56 Å². The predicted octanol–water partition coefficient (Wildman–Crippen LogP) is 2.20. The Morgan fingerprint density at radius 2 is 1.91 bits per heavy atom. The Morgan fingerprint density at radius 3 is 2.66 bits per heavy atom. The highest BCUT2D eigenvalue weighted by atomic mass is 32.2. The van der Waals surface area contributed by atoms with E-state index in [2.05, 4.69) is 15.2 Å². The molecule has 2 aromatic heterocycles. The first kappa shape index (κ1) is 21.2. The number of nitriles is 1. The van der Waals surface area contributed by atoms with Gasteiger partial charge < -0.3 is 15.3 Å². The fourth-order valence-electron chi connectivity index (χ4n) is 3.23. The molecule has 2 heterocycles. The van der Waals surface area contributed by atoms with Crippen molar-refractivity contribution >= 4 is 22.7 Å². The van der Waals surface area contributed by atoms with Crippen molar-refractivity contribution in [3.63, 3.8) is 0 Å². The highest BCUT2D eigenvalue weighted by molar-refractivity contribution is 7.98. The van der Waals surface area contributed by atoms with Crippen LogP contribution in [0.5, 0.6) is 11.5 Å². The average molecular weight is 449 g/mol. The minimum Gasteiger partial charge on any atom is -0.493 e. The zero-order valence-electron chi connectivity index (χ0n) is 17.3. The second-order valence-electron chi connectivity index (χ2n) is 6.63. The molecule has 0 radical (unpaired) electrons. The van der Waals surface area contributed by atoms with Gasteiger partial charge >= 0.3 is 0 Å². The van der Waals surface area contributed by atoms with Crippen molar-refractivity contribution in [2.45, 2.75) is 17.5 Å². The van der Waals surface area contributed by atoms with Crippen molar-refractivity contribution < 1.29 is 9.47 Å². The summed E-state index contributed by atoms with van der Waals surface area (Å²) in [6, 6.07) is 14.4. The second kappa shape index (κ2) is 8.99. The van der Waals surface area contributed by atoms with Crippen molar-refractivity contribution in [1.82, 2.24) is 24.4 Å². The topological polar surface area (TPSA) is 134 Å². The zero-order chi connectivity index (χ0) is 22.7. The molecule has 0 aliphatic carbocycles. The van der Waals surface area contributed by atoms with E-state index >= 15 is 0 Å². The summed E-state index contributed by atoms with van der Waals surface area (Å²) in [5, 5.41) is 18.4. The molecule has 2 aromatic carbocycles. The van der Waals surface area contributed by atoms with Gasteiger partial charge in [0.2, 0.25) is 5.16 Å². The number of benzene rings is 2. The Kier molecular flexibility index (Phi) is 5.96. The van der Waals surface area contributed by atoms with Crippen LogP contribution >= 0.6 is 11.8 Å². The molecule has 0 aliphatic heterocycles. The van der Waals surface area contributed by atoms with E-state index < -0.39 is 0 Å². The van der Waals surface area contributed by atoms with Crippen molar-refractivity contribution in [1.29, 1.82) is 5.26 Å². The molecule has 4 rings (SSSR count). The smallest absolute Gasteiger partial charge is 0.262 e. The third-order valence-electron chi connectivity index (χ3n) is 4.81. The molecule has 32 heavy (non-hydrogen) atoms. The number of hydrogen-bond acceptors (Lipinski definition) is 9. The lowest BCUT2D eigenvalue weighted by Crippen LogP contribution is -2.24. The van der Waals surface area contributed by atoms with Gasteiger partial charge in [-0.05, 0) is 30.3 Å². The largest absolute Gasteiger partial charge is 0.493 e. The Morgan fingerprint density at radius 1 is 1.12 bits per heavy atom. The van der Waals surface area contributed by atoms with Gasteiger partial charge in [0.1, 0.15) is 12.4 Å². The molecule has 0 atom stereocenters. The Bertz CT molecular complexity index is 1390. The molecule has 11 heteroatoms. The number of nitrogen functional groups attached to an aromatic ring is 1. The number of para-hydroxylation sites is 1. The number of nitrogens with two attached hydrogens (primary N) is 1.